The summed E-state index contributed by atoms with van der Waals surface area (Å²) in [5.41, 5.74) is 7.88. The van der Waals surface area contributed by atoms with E-state index in [1.807, 2.05) is 31.2 Å². The third kappa shape index (κ3) is 14.4. The van der Waals surface area contributed by atoms with Crippen LogP contribution in [0.1, 0.15) is 44.3 Å². The Hall–Kier alpha value is -6.36. The summed E-state index contributed by atoms with van der Waals surface area (Å²) >= 11 is 0. The number of fused-ring (bicyclic) bond motifs is 2. The first-order valence-corrected chi connectivity index (χ1v) is 24.8. The summed E-state index contributed by atoms with van der Waals surface area (Å²) in [7, 11) is 1.66. The highest BCUT2D eigenvalue weighted by molar-refractivity contribution is 6.26. The Morgan fingerprint density at radius 3 is 2.25 bits per heavy atom. The molecule has 0 saturated heterocycles. The predicted molar refractivity (Wildman–Crippen MR) is 281 cm³/mol. The van der Waals surface area contributed by atoms with E-state index in [1.165, 1.54) is 4.90 Å². The Morgan fingerprint density at radius 1 is 0.732 bits per heavy atom. The van der Waals surface area contributed by atoms with Gasteiger partial charge < -0.3 is 58.3 Å². The number of carbonyl (C=O) groups excluding carboxylic acids is 2. The van der Waals surface area contributed by atoms with E-state index in [9.17, 15) is 9.59 Å². The number of rotatable bonds is 18. The van der Waals surface area contributed by atoms with E-state index >= 15 is 0 Å². The van der Waals surface area contributed by atoms with Crippen LogP contribution < -0.4 is 34.6 Å². The number of amides is 2. The number of nitrogens with zero attached hydrogens (tertiary/aromatic N) is 3. The third-order valence-corrected chi connectivity index (χ3v) is 12.3. The quantitative estimate of drug-likeness (QED) is 0.0495. The standard InChI is InChI=1S/C56H71N5O10/c1-6-22-61-55(62)45-10-8-9-44-47(16-14-46(54(44)45)56(61)63)57-20-19-43-13-18-50(53(40-43)71-37-32-64-5)60-25-30-69-51-38-41(3)11-15-48(51)58-21-27-66-35-36-68-29-24-59(23-28-67-34-33-65-7-2)49-17-12-42(4)39-52(49)70-31-26-60/h6,8-18,38-40,57-58H,1,7,19-37H2,2-5H3. The lowest BCUT2D eigenvalue weighted by atomic mass is 9.93. The normalized spacial score (nSPS) is 15.2. The SMILES string of the molecule is C=CCN1C(=O)c2cccc3c(NCCc4ccc(N5CCOc6cc(C)ccc6NCCOCCOCCN(CCOCCOCC)c6ccc(C)cc6OCC5)c(OCCOC)c4)ccc(c23)C1=O. The summed E-state index contributed by atoms with van der Waals surface area (Å²) in [6, 6.07) is 28.1. The number of ether oxygens (including phenoxy) is 8. The molecule has 0 spiro atoms. The highest BCUT2D eigenvalue weighted by atomic mass is 16.5. The van der Waals surface area contributed by atoms with Gasteiger partial charge in [-0.15, -0.1) is 6.58 Å². The first-order chi connectivity index (χ1) is 34.8. The number of hydrogen-bond acceptors (Lipinski definition) is 14. The largest absolute Gasteiger partial charge is 0.490 e. The average molecular weight is 974 g/mol. The molecule has 2 aliphatic heterocycles. The smallest absolute Gasteiger partial charge is 0.261 e. The Morgan fingerprint density at radius 2 is 1.46 bits per heavy atom. The van der Waals surface area contributed by atoms with E-state index in [0.29, 0.717) is 141 Å². The lowest BCUT2D eigenvalue weighted by Gasteiger charge is -2.29. The summed E-state index contributed by atoms with van der Waals surface area (Å²) in [6.07, 6.45) is 2.24. The minimum atomic E-state index is -0.314. The number of methoxy groups -OCH3 is 1. The minimum absolute atomic E-state index is 0.155. The lowest BCUT2D eigenvalue weighted by molar-refractivity contribution is 0.0498. The van der Waals surface area contributed by atoms with Gasteiger partial charge in [-0.3, -0.25) is 14.5 Å². The van der Waals surface area contributed by atoms with Crippen LogP contribution >= 0.6 is 0 Å². The van der Waals surface area contributed by atoms with Gasteiger partial charge in [-0.05, 0) is 98.5 Å². The molecule has 0 saturated carbocycles. The van der Waals surface area contributed by atoms with E-state index < -0.39 is 0 Å². The monoisotopic (exact) mass is 974 g/mol. The maximum Gasteiger partial charge on any atom is 0.261 e. The molecule has 15 nitrogen and oxygen atoms in total. The van der Waals surface area contributed by atoms with Crippen molar-refractivity contribution in [3.05, 3.63) is 125 Å². The van der Waals surface area contributed by atoms with Crippen molar-refractivity contribution in [2.75, 3.05) is 153 Å². The molecule has 0 bridgehead atoms. The van der Waals surface area contributed by atoms with Crippen molar-refractivity contribution < 1.29 is 47.5 Å². The fourth-order valence-electron chi connectivity index (χ4n) is 8.69. The summed E-state index contributed by atoms with van der Waals surface area (Å²) in [5.74, 6) is 1.64. The van der Waals surface area contributed by atoms with E-state index in [2.05, 4.69) is 89.4 Å². The number of carbonyl (C=O) groups is 2. The average Bonchev–Trinajstić information content (AvgIpc) is 3.37. The molecule has 0 radical (unpaired) electrons. The minimum Gasteiger partial charge on any atom is -0.490 e. The van der Waals surface area contributed by atoms with Crippen molar-refractivity contribution in [1.29, 1.82) is 0 Å². The summed E-state index contributed by atoms with van der Waals surface area (Å²) in [4.78, 5) is 32.5. The molecule has 7 rings (SSSR count). The van der Waals surface area contributed by atoms with Gasteiger partial charge in [0.05, 0.1) is 83.0 Å². The number of imide groups is 1. The van der Waals surface area contributed by atoms with E-state index in [1.54, 1.807) is 25.3 Å². The molecule has 2 heterocycles. The topological polar surface area (TPSA) is 142 Å². The van der Waals surface area contributed by atoms with Crippen LogP contribution in [0.25, 0.3) is 10.8 Å². The Balaban J connectivity index is 1.13. The molecule has 0 aliphatic carbocycles. The number of hydrogen-bond donors (Lipinski definition) is 2. The van der Waals surface area contributed by atoms with Crippen LogP contribution in [0.2, 0.25) is 0 Å². The second-order valence-corrected chi connectivity index (χ2v) is 17.3. The summed E-state index contributed by atoms with van der Waals surface area (Å²) in [5, 5.41) is 8.58. The zero-order valence-corrected chi connectivity index (χ0v) is 41.9. The molecule has 71 heavy (non-hydrogen) atoms. The number of aryl methyl sites for hydroxylation is 2. The summed E-state index contributed by atoms with van der Waals surface area (Å²) in [6.45, 7) is 19.3. The molecule has 5 aromatic carbocycles. The molecule has 0 aromatic heterocycles. The van der Waals surface area contributed by atoms with Crippen LogP contribution in [-0.4, -0.2) is 149 Å². The van der Waals surface area contributed by atoms with Crippen LogP contribution in [-0.2, 0) is 30.1 Å². The summed E-state index contributed by atoms with van der Waals surface area (Å²) < 4.78 is 48.7. The third-order valence-electron chi connectivity index (χ3n) is 12.3. The predicted octanol–water partition coefficient (Wildman–Crippen LogP) is 8.20. The van der Waals surface area contributed by atoms with Crippen molar-refractivity contribution in [1.82, 2.24) is 4.90 Å². The zero-order valence-electron chi connectivity index (χ0n) is 41.9. The Kier molecular flexibility index (Phi) is 20.2. The molecule has 15 heteroatoms. The van der Waals surface area contributed by atoms with E-state index in [4.69, 9.17) is 37.9 Å². The zero-order chi connectivity index (χ0) is 49.8. The highest BCUT2D eigenvalue weighted by Gasteiger charge is 2.32. The van der Waals surface area contributed by atoms with Crippen molar-refractivity contribution >= 4 is 45.3 Å². The molecular weight excluding hydrogens is 903 g/mol. The van der Waals surface area contributed by atoms with Crippen LogP contribution in [0.5, 0.6) is 17.2 Å². The molecule has 0 fully saturated rings. The number of anilines is 4. The maximum absolute atomic E-state index is 13.4. The fraction of sp³-hybridized carbons (Fsp3) is 0.429. The van der Waals surface area contributed by atoms with Crippen LogP contribution in [0, 0.1) is 13.8 Å². The van der Waals surface area contributed by atoms with Gasteiger partial charge in [0.1, 0.15) is 37.1 Å². The molecule has 380 valence electrons. The van der Waals surface area contributed by atoms with Gasteiger partial charge in [-0.2, -0.15) is 0 Å². The van der Waals surface area contributed by atoms with Gasteiger partial charge in [0.15, 0.2) is 0 Å². The second-order valence-electron chi connectivity index (χ2n) is 17.3. The van der Waals surface area contributed by atoms with Crippen molar-refractivity contribution in [3.8, 4) is 17.2 Å². The molecular formula is C56H71N5O10. The molecule has 5 aromatic rings. The maximum atomic E-state index is 13.4. The molecule has 2 aliphatic rings. The highest BCUT2D eigenvalue weighted by Crippen LogP contribution is 2.36. The van der Waals surface area contributed by atoms with Crippen LogP contribution in [0.3, 0.4) is 0 Å². The van der Waals surface area contributed by atoms with E-state index in [0.717, 1.165) is 62.1 Å². The fourth-order valence-corrected chi connectivity index (χ4v) is 8.69. The first kappa shape index (κ1) is 52.5. The molecule has 2 N–H and O–H groups in total. The van der Waals surface area contributed by atoms with Gasteiger partial charge in [0.2, 0.25) is 0 Å². The van der Waals surface area contributed by atoms with Gasteiger partial charge in [0, 0.05) is 74.0 Å². The van der Waals surface area contributed by atoms with Crippen molar-refractivity contribution in [2.24, 2.45) is 0 Å². The number of nitrogens with one attached hydrogen (secondary N) is 2. The molecule has 0 unspecified atom stereocenters. The first-order valence-electron chi connectivity index (χ1n) is 24.8. The van der Waals surface area contributed by atoms with Gasteiger partial charge in [0.25, 0.3) is 11.8 Å². The van der Waals surface area contributed by atoms with E-state index in [-0.39, 0.29) is 18.4 Å². The Labute approximate surface area is 418 Å². The molecule has 2 amide bonds. The number of benzene rings is 5. The molecule has 0 atom stereocenters. The van der Waals surface area contributed by atoms with Crippen molar-refractivity contribution in [2.45, 2.75) is 27.2 Å². The van der Waals surface area contributed by atoms with Crippen LogP contribution in [0.4, 0.5) is 22.7 Å². The van der Waals surface area contributed by atoms with Gasteiger partial charge in [-0.1, -0.05) is 36.4 Å². The van der Waals surface area contributed by atoms with Gasteiger partial charge >= 0.3 is 0 Å². The van der Waals surface area contributed by atoms with Gasteiger partial charge in [-0.25, -0.2) is 0 Å². The second kappa shape index (κ2) is 27.3. The Bertz CT molecular complexity index is 2510. The van der Waals surface area contributed by atoms with Crippen LogP contribution in [0.15, 0.2) is 97.6 Å². The van der Waals surface area contributed by atoms with Crippen molar-refractivity contribution in [3.63, 3.8) is 0 Å². The lowest BCUT2D eigenvalue weighted by Crippen LogP contribution is -2.40.